The van der Waals surface area contributed by atoms with Gasteiger partial charge in [0.05, 0.1) is 24.3 Å². The highest BCUT2D eigenvalue weighted by atomic mass is 35.5. The first-order chi connectivity index (χ1) is 15.0. The Morgan fingerprint density at radius 3 is 2.71 bits per heavy atom. The molecule has 1 spiro atoms. The maximum absolute atomic E-state index is 14.4. The van der Waals surface area contributed by atoms with Crippen molar-refractivity contribution in [2.24, 2.45) is 4.99 Å². The molecule has 1 saturated heterocycles. The van der Waals surface area contributed by atoms with Crippen molar-refractivity contribution in [2.75, 3.05) is 13.7 Å². The van der Waals surface area contributed by atoms with Gasteiger partial charge in [-0.25, -0.2) is 4.39 Å². The summed E-state index contributed by atoms with van der Waals surface area (Å²) in [6.07, 6.45) is 2.88. The van der Waals surface area contributed by atoms with E-state index in [0.717, 1.165) is 35.3 Å². The highest BCUT2D eigenvalue weighted by molar-refractivity contribution is 6.31. The van der Waals surface area contributed by atoms with Crippen LogP contribution in [-0.2, 0) is 5.41 Å². The van der Waals surface area contributed by atoms with E-state index in [1.165, 1.54) is 6.07 Å². The van der Waals surface area contributed by atoms with Crippen LogP contribution in [0.3, 0.4) is 0 Å². The molecule has 2 heterocycles. The lowest BCUT2D eigenvalue weighted by molar-refractivity contribution is 0.263. The third-order valence-electron chi connectivity index (χ3n) is 6.43. The predicted molar refractivity (Wildman–Crippen MR) is 124 cm³/mol. The number of nitrogens with zero attached hydrogens (tertiary/aromatic N) is 1. The van der Waals surface area contributed by atoms with Crippen molar-refractivity contribution in [3.05, 3.63) is 93.2 Å². The maximum atomic E-state index is 14.4. The van der Waals surface area contributed by atoms with Crippen LogP contribution in [0.4, 0.5) is 10.1 Å². The van der Waals surface area contributed by atoms with Gasteiger partial charge in [0.1, 0.15) is 11.6 Å². The van der Waals surface area contributed by atoms with E-state index in [0.29, 0.717) is 15.8 Å². The lowest BCUT2D eigenvalue weighted by Gasteiger charge is -2.47. The number of fused-ring (bicyclic) bond motifs is 2. The molecule has 2 aliphatic heterocycles. The molecule has 0 bridgehead atoms. The number of halogens is 3. The van der Waals surface area contributed by atoms with Gasteiger partial charge in [-0.3, -0.25) is 4.99 Å². The molecule has 0 aliphatic carbocycles. The molecule has 3 aromatic carbocycles. The van der Waals surface area contributed by atoms with Crippen molar-refractivity contribution in [1.82, 2.24) is 5.32 Å². The third-order valence-corrected chi connectivity index (χ3v) is 6.90. The van der Waals surface area contributed by atoms with Gasteiger partial charge in [-0.2, -0.15) is 0 Å². The molecule has 0 aromatic heterocycles. The fraction of sp³-hybridized carbons (Fsp3) is 0.240. The lowest BCUT2D eigenvalue weighted by Crippen LogP contribution is -2.51. The van der Waals surface area contributed by atoms with E-state index in [-0.39, 0.29) is 17.8 Å². The summed E-state index contributed by atoms with van der Waals surface area (Å²) in [5.41, 5.74) is 3.24. The maximum Gasteiger partial charge on any atom is 0.123 e. The van der Waals surface area contributed by atoms with Gasteiger partial charge in [0.15, 0.2) is 0 Å². The number of methoxy groups -OCH3 is 1. The second-order valence-corrected chi connectivity index (χ2v) is 8.90. The van der Waals surface area contributed by atoms with Gasteiger partial charge in [-0.15, -0.1) is 0 Å². The number of aliphatic imine (C=N–C) groups is 1. The van der Waals surface area contributed by atoms with Crippen LogP contribution in [0.5, 0.6) is 5.75 Å². The average Bonchev–Trinajstić information content (AvgIpc) is 3.12. The molecule has 6 heteroatoms. The molecule has 0 saturated carbocycles. The van der Waals surface area contributed by atoms with Crippen LogP contribution in [0.2, 0.25) is 10.0 Å². The molecule has 0 amide bonds. The van der Waals surface area contributed by atoms with Crippen molar-refractivity contribution in [1.29, 1.82) is 0 Å². The third kappa shape index (κ3) is 3.34. The Kier molecular flexibility index (Phi) is 5.25. The van der Waals surface area contributed by atoms with Crippen molar-refractivity contribution >= 4 is 35.1 Å². The molecule has 1 fully saturated rings. The van der Waals surface area contributed by atoms with Gasteiger partial charge in [0.2, 0.25) is 0 Å². The van der Waals surface area contributed by atoms with Gasteiger partial charge >= 0.3 is 0 Å². The summed E-state index contributed by atoms with van der Waals surface area (Å²) in [7, 11) is 1.61. The largest absolute Gasteiger partial charge is 0.496 e. The van der Waals surface area contributed by atoms with E-state index in [1.54, 1.807) is 19.2 Å². The first-order valence-electron chi connectivity index (χ1n) is 10.2. The molecule has 5 rings (SSSR count). The standard InChI is InChI=1S/C25H21Cl2FN2O/c1-31-23-8-6-18(28)13-19(23)24-25(14-30-22-12-17(27)5-7-21(22)25)20(9-10-29-24)15-3-2-4-16(26)11-15/h2-8,11-14,20,24,29H,9-10H2,1H3/t20-,24-,25-/m0/s1. The molecular weight excluding hydrogens is 434 g/mol. The Bertz CT molecular complexity index is 1180. The fourth-order valence-electron chi connectivity index (χ4n) is 5.18. The zero-order chi connectivity index (χ0) is 21.6. The Morgan fingerprint density at radius 1 is 1.06 bits per heavy atom. The van der Waals surface area contributed by atoms with Crippen LogP contribution in [0.15, 0.2) is 65.7 Å². The number of ether oxygens (including phenoxy) is 1. The molecule has 0 radical (unpaired) electrons. The topological polar surface area (TPSA) is 33.6 Å². The van der Waals surface area contributed by atoms with Crippen molar-refractivity contribution < 1.29 is 9.13 Å². The molecule has 1 N–H and O–H groups in total. The van der Waals surface area contributed by atoms with Crippen molar-refractivity contribution in [2.45, 2.75) is 23.8 Å². The van der Waals surface area contributed by atoms with Crippen LogP contribution >= 0.6 is 23.2 Å². The normalized spacial score (nSPS) is 24.4. The molecule has 2 aliphatic rings. The Balaban J connectivity index is 1.76. The smallest absolute Gasteiger partial charge is 0.123 e. The summed E-state index contributed by atoms with van der Waals surface area (Å²) in [5, 5.41) is 4.96. The molecular formula is C25H21Cl2FN2O. The van der Waals surface area contributed by atoms with Crippen LogP contribution in [-0.4, -0.2) is 19.9 Å². The number of rotatable bonds is 3. The van der Waals surface area contributed by atoms with Gasteiger partial charge in [0, 0.05) is 27.7 Å². The summed E-state index contributed by atoms with van der Waals surface area (Å²) in [6.45, 7) is 0.764. The van der Waals surface area contributed by atoms with E-state index < -0.39 is 5.41 Å². The zero-order valence-corrected chi connectivity index (χ0v) is 18.4. The van der Waals surface area contributed by atoms with Crippen molar-refractivity contribution in [3.63, 3.8) is 0 Å². The van der Waals surface area contributed by atoms with Crippen LogP contribution in [0.25, 0.3) is 0 Å². The van der Waals surface area contributed by atoms with Gasteiger partial charge in [-0.1, -0.05) is 41.4 Å². The quantitative estimate of drug-likeness (QED) is 0.482. The minimum Gasteiger partial charge on any atom is -0.496 e. The molecule has 3 atom stereocenters. The highest BCUT2D eigenvalue weighted by Gasteiger charge is 2.53. The van der Waals surface area contributed by atoms with Crippen LogP contribution in [0, 0.1) is 5.82 Å². The van der Waals surface area contributed by atoms with E-state index in [1.807, 2.05) is 42.6 Å². The predicted octanol–water partition coefficient (Wildman–Crippen LogP) is 6.61. The number of benzene rings is 3. The van der Waals surface area contributed by atoms with E-state index in [9.17, 15) is 4.39 Å². The summed E-state index contributed by atoms with van der Waals surface area (Å²) in [4.78, 5) is 4.77. The second kappa shape index (κ2) is 7.94. The number of piperidine rings is 1. The van der Waals surface area contributed by atoms with Crippen LogP contribution in [0.1, 0.15) is 35.1 Å². The van der Waals surface area contributed by atoms with Gasteiger partial charge < -0.3 is 10.1 Å². The van der Waals surface area contributed by atoms with Crippen LogP contribution < -0.4 is 10.1 Å². The number of hydrogen-bond donors (Lipinski definition) is 1. The lowest BCUT2D eigenvalue weighted by atomic mass is 9.60. The minimum absolute atomic E-state index is 0.0802. The minimum atomic E-state index is -0.552. The molecule has 158 valence electrons. The van der Waals surface area contributed by atoms with E-state index >= 15 is 0 Å². The SMILES string of the molecule is COc1ccc(F)cc1[C@@H]1NCC[C@@H](c2cccc(Cl)c2)[C@]12C=Nc1cc(Cl)ccc12. The van der Waals surface area contributed by atoms with E-state index in [4.69, 9.17) is 32.9 Å². The summed E-state index contributed by atoms with van der Waals surface area (Å²) in [5.74, 6) is 0.418. The molecule has 0 unspecified atom stereocenters. The molecule has 31 heavy (non-hydrogen) atoms. The zero-order valence-electron chi connectivity index (χ0n) is 16.9. The monoisotopic (exact) mass is 454 g/mol. The second-order valence-electron chi connectivity index (χ2n) is 8.02. The first kappa shape index (κ1) is 20.5. The van der Waals surface area contributed by atoms with Crippen molar-refractivity contribution in [3.8, 4) is 5.75 Å². The molecule has 3 nitrogen and oxygen atoms in total. The Morgan fingerprint density at radius 2 is 1.90 bits per heavy atom. The number of nitrogens with one attached hydrogen (secondary N) is 1. The molecule has 3 aromatic rings. The Hall–Kier alpha value is -2.40. The summed E-state index contributed by atoms with van der Waals surface area (Å²) in [6, 6.07) is 18.2. The average molecular weight is 455 g/mol. The van der Waals surface area contributed by atoms with E-state index in [2.05, 4.69) is 11.4 Å². The summed E-state index contributed by atoms with van der Waals surface area (Å²) >= 11 is 12.6. The fourth-order valence-corrected chi connectivity index (χ4v) is 5.54. The van der Waals surface area contributed by atoms with Gasteiger partial charge in [-0.05, 0) is 66.6 Å². The van der Waals surface area contributed by atoms with Gasteiger partial charge in [0.25, 0.3) is 0 Å². The first-order valence-corrected chi connectivity index (χ1v) is 11.0. The highest BCUT2D eigenvalue weighted by Crippen LogP contribution is 2.57. The number of hydrogen-bond acceptors (Lipinski definition) is 3. The Labute approximate surface area is 190 Å². The summed E-state index contributed by atoms with van der Waals surface area (Å²) < 4.78 is 20.0.